The molecule has 1 atom stereocenters. The van der Waals surface area contributed by atoms with E-state index in [1.165, 1.54) is 0 Å². The molecule has 5 rings (SSSR count). The van der Waals surface area contributed by atoms with Crippen molar-refractivity contribution in [2.24, 2.45) is 0 Å². The van der Waals surface area contributed by atoms with Crippen LogP contribution in [0, 0.1) is 0 Å². The van der Waals surface area contributed by atoms with Crippen molar-refractivity contribution in [1.29, 1.82) is 0 Å². The van der Waals surface area contributed by atoms with Crippen LogP contribution in [0.2, 0.25) is 0 Å². The molecule has 0 spiro atoms. The van der Waals surface area contributed by atoms with Gasteiger partial charge in [-0.05, 0) is 37.6 Å². The molecular weight excluding hydrogens is 374 g/mol. The quantitative estimate of drug-likeness (QED) is 0.509. The van der Waals surface area contributed by atoms with Gasteiger partial charge in [0.1, 0.15) is 11.5 Å². The van der Waals surface area contributed by atoms with E-state index < -0.39 is 5.54 Å². The molecule has 2 aromatic carbocycles. The summed E-state index contributed by atoms with van der Waals surface area (Å²) in [5.41, 5.74) is 2.03. The zero-order chi connectivity index (χ0) is 20.6. The van der Waals surface area contributed by atoms with Crippen molar-refractivity contribution in [1.82, 2.24) is 9.88 Å². The van der Waals surface area contributed by atoms with Crippen LogP contribution in [0.25, 0.3) is 22.2 Å². The van der Waals surface area contributed by atoms with Gasteiger partial charge in [-0.2, -0.15) is 0 Å². The number of para-hydroxylation sites is 1. The second-order valence-electron chi connectivity index (χ2n) is 7.91. The van der Waals surface area contributed by atoms with E-state index in [-0.39, 0.29) is 5.91 Å². The lowest BCUT2D eigenvalue weighted by molar-refractivity contribution is -0.136. The minimum atomic E-state index is -0.573. The average molecular weight is 397 g/mol. The normalized spacial score (nSPS) is 18.8. The smallest absolute Gasteiger partial charge is 0.244 e. The summed E-state index contributed by atoms with van der Waals surface area (Å²) in [5.74, 6) is 1.69. The van der Waals surface area contributed by atoms with Crippen LogP contribution in [0.3, 0.4) is 0 Å². The third-order valence-corrected chi connectivity index (χ3v) is 6.00. The molecule has 150 valence electrons. The van der Waals surface area contributed by atoms with Crippen LogP contribution in [0.5, 0.6) is 0 Å². The number of likely N-dealkylation sites (tertiary alicyclic amines) is 1. The SMILES string of the molecule is CC1(C(=O)Nc2cccc3cccnc23)CCN1Cc1ccc(-c2ccccc2)o1. The lowest BCUT2D eigenvalue weighted by atomic mass is 9.85. The van der Waals surface area contributed by atoms with Crippen LogP contribution in [0.1, 0.15) is 19.1 Å². The molecule has 1 unspecified atom stereocenters. The number of furan rings is 1. The summed E-state index contributed by atoms with van der Waals surface area (Å²) in [5, 5.41) is 4.11. The van der Waals surface area contributed by atoms with E-state index in [1.54, 1.807) is 6.20 Å². The second-order valence-corrected chi connectivity index (χ2v) is 7.91. The monoisotopic (exact) mass is 397 g/mol. The first kappa shape index (κ1) is 18.6. The number of pyridine rings is 1. The van der Waals surface area contributed by atoms with E-state index >= 15 is 0 Å². The van der Waals surface area contributed by atoms with E-state index in [0.717, 1.165) is 46.6 Å². The molecule has 1 saturated heterocycles. The largest absolute Gasteiger partial charge is 0.460 e. The predicted octanol–water partition coefficient (Wildman–Crippen LogP) is 5.10. The summed E-state index contributed by atoms with van der Waals surface area (Å²) in [6.45, 7) is 3.45. The van der Waals surface area contributed by atoms with Crippen LogP contribution in [0.15, 0.2) is 83.4 Å². The van der Waals surface area contributed by atoms with Crippen LogP contribution in [-0.4, -0.2) is 27.9 Å². The van der Waals surface area contributed by atoms with Gasteiger partial charge in [0.25, 0.3) is 0 Å². The molecule has 1 amide bonds. The first-order chi connectivity index (χ1) is 14.6. The van der Waals surface area contributed by atoms with Gasteiger partial charge in [0.15, 0.2) is 0 Å². The third kappa shape index (κ3) is 3.27. The maximum absolute atomic E-state index is 13.2. The maximum atomic E-state index is 13.2. The highest BCUT2D eigenvalue weighted by Gasteiger charge is 2.47. The van der Waals surface area contributed by atoms with Crippen LogP contribution < -0.4 is 5.32 Å². The number of carbonyl (C=O) groups is 1. The van der Waals surface area contributed by atoms with Gasteiger partial charge in [-0.1, -0.05) is 48.5 Å². The van der Waals surface area contributed by atoms with Crippen LogP contribution >= 0.6 is 0 Å². The van der Waals surface area contributed by atoms with Gasteiger partial charge in [-0.3, -0.25) is 14.7 Å². The molecule has 0 radical (unpaired) electrons. The standard InChI is InChI=1S/C25H23N3O2/c1-25(24(29)27-21-11-5-9-19-10-6-15-26-23(19)21)14-16-28(25)17-20-12-13-22(30-20)18-7-3-2-4-8-18/h2-13,15H,14,16-17H2,1H3,(H,27,29). The van der Waals surface area contributed by atoms with E-state index in [9.17, 15) is 4.79 Å². The van der Waals surface area contributed by atoms with E-state index in [0.29, 0.717) is 6.54 Å². The Morgan fingerprint density at radius 3 is 2.70 bits per heavy atom. The summed E-state index contributed by atoms with van der Waals surface area (Å²) in [6, 6.07) is 23.8. The summed E-state index contributed by atoms with van der Waals surface area (Å²) >= 11 is 0. The highest BCUT2D eigenvalue weighted by molar-refractivity contribution is 6.04. The molecule has 3 heterocycles. The predicted molar refractivity (Wildman–Crippen MR) is 118 cm³/mol. The second kappa shape index (κ2) is 7.43. The highest BCUT2D eigenvalue weighted by Crippen LogP contribution is 2.35. The number of aromatic nitrogens is 1. The van der Waals surface area contributed by atoms with Crippen molar-refractivity contribution in [2.75, 3.05) is 11.9 Å². The molecule has 5 nitrogen and oxygen atoms in total. The Kier molecular flexibility index (Phi) is 4.60. The van der Waals surface area contributed by atoms with Crippen molar-refractivity contribution in [3.05, 3.63) is 84.8 Å². The molecule has 1 N–H and O–H groups in total. The number of fused-ring (bicyclic) bond motifs is 1. The first-order valence-corrected chi connectivity index (χ1v) is 10.2. The minimum absolute atomic E-state index is 0.0123. The summed E-state index contributed by atoms with van der Waals surface area (Å²) in [7, 11) is 0. The number of amides is 1. The number of nitrogens with zero attached hydrogens (tertiary/aromatic N) is 2. The number of nitrogens with one attached hydrogen (secondary N) is 1. The number of hydrogen-bond acceptors (Lipinski definition) is 4. The lowest BCUT2D eigenvalue weighted by Crippen LogP contribution is -2.63. The van der Waals surface area contributed by atoms with Crippen molar-refractivity contribution < 1.29 is 9.21 Å². The summed E-state index contributed by atoms with van der Waals surface area (Å²) < 4.78 is 6.04. The first-order valence-electron chi connectivity index (χ1n) is 10.2. The zero-order valence-electron chi connectivity index (χ0n) is 16.8. The van der Waals surface area contributed by atoms with Crippen molar-refractivity contribution in [3.63, 3.8) is 0 Å². The molecule has 30 heavy (non-hydrogen) atoms. The molecule has 0 bridgehead atoms. The molecule has 2 aromatic heterocycles. The third-order valence-electron chi connectivity index (χ3n) is 6.00. The van der Waals surface area contributed by atoms with Gasteiger partial charge >= 0.3 is 0 Å². The van der Waals surface area contributed by atoms with Crippen LogP contribution in [0.4, 0.5) is 5.69 Å². The Morgan fingerprint density at radius 1 is 1.07 bits per heavy atom. The zero-order valence-corrected chi connectivity index (χ0v) is 16.8. The Hall–Kier alpha value is -3.44. The molecule has 1 aliphatic heterocycles. The molecule has 1 fully saturated rings. The lowest BCUT2D eigenvalue weighted by Gasteiger charge is -2.48. The van der Waals surface area contributed by atoms with E-state index in [1.807, 2.05) is 79.7 Å². The van der Waals surface area contributed by atoms with Gasteiger partial charge in [-0.25, -0.2) is 0 Å². The Bertz CT molecular complexity index is 1200. The van der Waals surface area contributed by atoms with Gasteiger partial charge in [0.2, 0.25) is 5.91 Å². The molecule has 1 aliphatic rings. The number of benzene rings is 2. The number of anilines is 1. The fourth-order valence-electron chi connectivity index (χ4n) is 3.99. The molecule has 5 heteroatoms. The number of rotatable bonds is 5. The van der Waals surface area contributed by atoms with E-state index in [4.69, 9.17) is 4.42 Å². The summed E-state index contributed by atoms with van der Waals surface area (Å²) in [4.78, 5) is 19.8. The Labute approximate surface area is 175 Å². The maximum Gasteiger partial charge on any atom is 0.244 e. The average Bonchev–Trinajstić information content (AvgIpc) is 3.26. The molecule has 0 aliphatic carbocycles. The van der Waals surface area contributed by atoms with Crippen molar-refractivity contribution in [2.45, 2.75) is 25.4 Å². The number of hydrogen-bond donors (Lipinski definition) is 1. The Morgan fingerprint density at radius 2 is 1.90 bits per heavy atom. The van der Waals surface area contributed by atoms with Crippen molar-refractivity contribution >= 4 is 22.5 Å². The fourth-order valence-corrected chi connectivity index (χ4v) is 3.99. The van der Waals surface area contributed by atoms with Crippen molar-refractivity contribution in [3.8, 4) is 11.3 Å². The molecule has 0 saturated carbocycles. The van der Waals surface area contributed by atoms with Gasteiger partial charge in [0, 0.05) is 23.7 Å². The highest BCUT2D eigenvalue weighted by atomic mass is 16.3. The van der Waals surface area contributed by atoms with Gasteiger partial charge in [0.05, 0.1) is 23.3 Å². The topological polar surface area (TPSA) is 58.4 Å². The molecular formula is C25H23N3O2. The van der Waals surface area contributed by atoms with Gasteiger partial charge in [-0.15, -0.1) is 0 Å². The number of carbonyl (C=O) groups excluding carboxylic acids is 1. The Balaban J connectivity index is 1.31. The van der Waals surface area contributed by atoms with Crippen LogP contribution in [-0.2, 0) is 11.3 Å². The molecule has 4 aromatic rings. The fraction of sp³-hybridized carbons (Fsp3) is 0.200. The van der Waals surface area contributed by atoms with E-state index in [2.05, 4.69) is 15.2 Å². The van der Waals surface area contributed by atoms with Gasteiger partial charge < -0.3 is 9.73 Å². The summed E-state index contributed by atoms with van der Waals surface area (Å²) in [6.07, 6.45) is 2.56. The minimum Gasteiger partial charge on any atom is -0.460 e.